The Bertz CT molecular complexity index is 2230. The number of aryl methyl sites for hydroxylation is 4. The molecule has 7 aromatic rings. The molecule has 0 aliphatic carbocycles. The van der Waals surface area contributed by atoms with Crippen molar-refractivity contribution in [2.45, 2.75) is 27.7 Å². The van der Waals surface area contributed by atoms with Gasteiger partial charge in [0.25, 0.3) is 0 Å². The Morgan fingerprint density at radius 3 is 1.42 bits per heavy atom. The van der Waals surface area contributed by atoms with E-state index in [1.807, 2.05) is 24.3 Å². The van der Waals surface area contributed by atoms with Gasteiger partial charge in [-0.25, -0.2) is 9.97 Å². The Morgan fingerprint density at radius 1 is 0.489 bits per heavy atom. The van der Waals surface area contributed by atoms with Crippen LogP contribution in [0.5, 0.6) is 0 Å². The largest absolute Gasteiger partial charge is 0.308 e. The molecule has 5 nitrogen and oxygen atoms in total. The van der Waals surface area contributed by atoms with Crippen molar-refractivity contribution in [1.82, 2.24) is 14.5 Å². The van der Waals surface area contributed by atoms with Gasteiger partial charge >= 0.3 is 0 Å². The van der Waals surface area contributed by atoms with Gasteiger partial charge in [-0.1, -0.05) is 76.9 Å². The van der Waals surface area contributed by atoms with E-state index in [0.717, 1.165) is 49.7 Å². The molecule has 0 aliphatic heterocycles. The Kier molecular flexibility index (Phi) is 6.73. The second kappa shape index (κ2) is 10.9. The molecule has 0 radical (unpaired) electrons. The van der Waals surface area contributed by atoms with Gasteiger partial charge in [-0.15, -0.1) is 0 Å². The van der Waals surface area contributed by atoms with Gasteiger partial charge in [-0.2, -0.15) is 10.5 Å². The van der Waals surface area contributed by atoms with Crippen LogP contribution in [0.4, 0.5) is 0 Å². The summed E-state index contributed by atoms with van der Waals surface area (Å²) in [4.78, 5) is 8.22. The second-order valence-electron chi connectivity index (χ2n) is 11.8. The summed E-state index contributed by atoms with van der Waals surface area (Å²) < 4.78 is 2.19. The van der Waals surface area contributed by atoms with E-state index < -0.39 is 0 Å². The molecule has 0 saturated carbocycles. The molecule has 214 valence electrons. The van der Waals surface area contributed by atoms with Gasteiger partial charge in [-0.3, -0.25) is 0 Å². The summed E-state index contributed by atoms with van der Waals surface area (Å²) in [6, 6.07) is 36.8. The maximum atomic E-state index is 10.4. The summed E-state index contributed by atoms with van der Waals surface area (Å²) in [6.07, 6.45) is 3.23. The van der Waals surface area contributed by atoms with Crippen molar-refractivity contribution in [3.05, 3.63) is 137 Å². The number of nitriles is 2. The molecule has 2 aromatic heterocycles. The van der Waals surface area contributed by atoms with Gasteiger partial charge in [0.1, 0.15) is 12.1 Å². The highest BCUT2D eigenvalue weighted by molar-refractivity contribution is 6.12. The van der Waals surface area contributed by atoms with Crippen molar-refractivity contribution in [3.63, 3.8) is 0 Å². The molecule has 0 spiro atoms. The third kappa shape index (κ3) is 5.01. The average molecular weight is 580 g/mol. The zero-order valence-electron chi connectivity index (χ0n) is 25.6. The summed E-state index contributed by atoms with van der Waals surface area (Å²) in [5, 5.41) is 21.7. The van der Waals surface area contributed by atoms with E-state index in [2.05, 4.69) is 121 Å². The Balaban J connectivity index is 1.48. The predicted octanol–water partition coefficient (Wildman–Crippen LogP) is 9.55. The monoisotopic (exact) mass is 579 g/mol. The third-order valence-corrected chi connectivity index (χ3v) is 8.32. The fraction of sp³-hybridized carbons (Fsp3) is 0.100. The van der Waals surface area contributed by atoms with Crippen molar-refractivity contribution in [1.29, 1.82) is 10.5 Å². The van der Waals surface area contributed by atoms with E-state index in [1.54, 1.807) is 12.4 Å². The number of nitrogens with zero attached hydrogens (tertiary/aromatic N) is 5. The zero-order valence-corrected chi connectivity index (χ0v) is 25.6. The maximum absolute atomic E-state index is 10.4. The first-order valence-electron chi connectivity index (χ1n) is 14.8. The van der Waals surface area contributed by atoms with Crippen LogP contribution in [0.15, 0.2) is 103 Å². The molecule has 0 N–H and O–H groups in total. The number of fused-ring (bicyclic) bond motifs is 3. The van der Waals surface area contributed by atoms with Gasteiger partial charge < -0.3 is 4.57 Å². The normalized spacial score (nSPS) is 11.1. The topological polar surface area (TPSA) is 78.3 Å². The summed E-state index contributed by atoms with van der Waals surface area (Å²) in [7, 11) is 0. The molecule has 0 unspecified atom stereocenters. The molecule has 0 saturated heterocycles. The van der Waals surface area contributed by atoms with Crippen LogP contribution < -0.4 is 0 Å². The van der Waals surface area contributed by atoms with Gasteiger partial charge in [0, 0.05) is 28.7 Å². The Morgan fingerprint density at radius 2 is 0.956 bits per heavy atom. The first-order valence-corrected chi connectivity index (χ1v) is 14.8. The van der Waals surface area contributed by atoms with E-state index in [1.165, 1.54) is 33.4 Å². The highest BCUT2D eigenvalue weighted by atomic mass is 15.0. The molecule has 0 atom stereocenters. The number of rotatable bonds is 4. The fourth-order valence-electron chi connectivity index (χ4n) is 6.46. The number of aromatic nitrogens is 3. The van der Waals surface area contributed by atoms with E-state index in [9.17, 15) is 5.26 Å². The Hall–Kier alpha value is -6.04. The molecular weight excluding hydrogens is 550 g/mol. The molecule has 45 heavy (non-hydrogen) atoms. The molecule has 2 heterocycles. The molecule has 5 aromatic carbocycles. The van der Waals surface area contributed by atoms with Crippen molar-refractivity contribution in [2.24, 2.45) is 0 Å². The van der Waals surface area contributed by atoms with Crippen LogP contribution in [-0.2, 0) is 0 Å². The molecule has 5 heteroatoms. The van der Waals surface area contributed by atoms with Crippen LogP contribution in [0, 0.1) is 50.4 Å². The van der Waals surface area contributed by atoms with Crippen molar-refractivity contribution < 1.29 is 0 Å². The first-order chi connectivity index (χ1) is 21.8. The minimum absolute atomic E-state index is 0.113. The van der Waals surface area contributed by atoms with Crippen LogP contribution >= 0.6 is 0 Å². The quantitative estimate of drug-likeness (QED) is 0.208. The van der Waals surface area contributed by atoms with Crippen LogP contribution in [-0.4, -0.2) is 14.5 Å². The number of benzene rings is 5. The van der Waals surface area contributed by atoms with Crippen molar-refractivity contribution >= 4 is 21.8 Å². The smallest absolute Gasteiger partial charge is 0.232 e. The second-order valence-corrected chi connectivity index (χ2v) is 11.8. The lowest BCUT2D eigenvalue weighted by Gasteiger charge is -2.12. The first kappa shape index (κ1) is 27.8. The van der Waals surface area contributed by atoms with E-state index in [4.69, 9.17) is 5.26 Å². The average Bonchev–Trinajstić information content (AvgIpc) is 3.36. The lowest BCUT2D eigenvalue weighted by molar-refractivity contribution is 1.11. The third-order valence-electron chi connectivity index (χ3n) is 8.32. The molecule has 0 amide bonds. The lowest BCUT2D eigenvalue weighted by atomic mass is 9.97. The van der Waals surface area contributed by atoms with Crippen LogP contribution in [0.2, 0.25) is 0 Å². The van der Waals surface area contributed by atoms with Gasteiger partial charge in [0.2, 0.25) is 5.82 Å². The van der Waals surface area contributed by atoms with Crippen molar-refractivity contribution in [2.75, 3.05) is 0 Å². The van der Waals surface area contributed by atoms with Gasteiger partial charge in [0.15, 0.2) is 0 Å². The number of hydrogen-bond donors (Lipinski definition) is 0. The molecular formula is C40H29N5. The lowest BCUT2D eigenvalue weighted by Crippen LogP contribution is -1.98. The van der Waals surface area contributed by atoms with Crippen LogP contribution in [0.3, 0.4) is 0 Å². The Labute approximate surface area is 262 Å². The summed E-state index contributed by atoms with van der Waals surface area (Å²) in [5.41, 5.74) is 14.6. The van der Waals surface area contributed by atoms with E-state index in [-0.39, 0.29) is 5.82 Å². The SMILES string of the molecule is Cc1cc(C)cc(-c2ccc3c(c2)c2cc(-c4cc(C)cc(C)c4)ccc2n3-c2ccc(-c3cnc(C#N)nc3)cc2C#N)c1. The summed E-state index contributed by atoms with van der Waals surface area (Å²) >= 11 is 0. The standard InChI is InChI=1S/C40H29N5/c1-24-11-25(2)14-31(13-24)29-6-9-38-35(18-29)36-19-30(32-15-26(3)12-27(4)16-32)7-10-39(36)45(38)37-8-5-28(17-33(37)20-41)34-22-43-40(21-42)44-23-34/h5-19,22-23H,1-4H3. The molecule has 0 aliphatic rings. The molecule has 0 fully saturated rings. The minimum atomic E-state index is 0.113. The van der Waals surface area contributed by atoms with Crippen LogP contribution in [0.1, 0.15) is 33.6 Å². The maximum Gasteiger partial charge on any atom is 0.232 e. The summed E-state index contributed by atoms with van der Waals surface area (Å²) in [6.45, 7) is 8.53. The van der Waals surface area contributed by atoms with E-state index in [0.29, 0.717) is 5.56 Å². The van der Waals surface area contributed by atoms with Crippen LogP contribution in [0.25, 0.3) is 60.9 Å². The molecule has 7 rings (SSSR count). The van der Waals surface area contributed by atoms with Gasteiger partial charge in [0.05, 0.1) is 22.3 Å². The van der Waals surface area contributed by atoms with E-state index >= 15 is 0 Å². The van der Waals surface area contributed by atoms with Crippen molar-refractivity contribution in [3.8, 4) is 51.2 Å². The molecule has 0 bridgehead atoms. The highest BCUT2D eigenvalue weighted by Gasteiger charge is 2.18. The predicted molar refractivity (Wildman–Crippen MR) is 181 cm³/mol. The number of hydrogen-bond acceptors (Lipinski definition) is 4. The fourth-order valence-corrected chi connectivity index (χ4v) is 6.46. The summed E-state index contributed by atoms with van der Waals surface area (Å²) in [5.74, 6) is 0.113. The highest BCUT2D eigenvalue weighted by Crippen LogP contribution is 2.39. The van der Waals surface area contributed by atoms with Gasteiger partial charge in [-0.05, 0) is 91.9 Å². The zero-order chi connectivity index (χ0) is 31.2. The minimum Gasteiger partial charge on any atom is -0.308 e.